The number of nitrogens with zero attached hydrogens (tertiary/aromatic N) is 1. The van der Waals surface area contributed by atoms with Crippen molar-refractivity contribution in [3.63, 3.8) is 0 Å². The Morgan fingerprint density at radius 1 is 1.56 bits per heavy atom. The normalized spacial score (nSPS) is 11.9. The van der Waals surface area contributed by atoms with E-state index in [-0.39, 0.29) is 11.6 Å². The van der Waals surface area contributed by atoms with Crippen molar-refractivity contribution in [2.75, 3.05) is 17.3 Å². The third kappa shape index (κ3) is 3.14. The van der Waals surface area contributed by atoms with E-state index < -0.39 is 5.82 Å². The van der Waals surface area contributed by atoms with Gasteiger partial charge in [-0.1, -0.05) is 13.0 Å². The summed E-state index contributed by atoms with van der Waals surface area (Å²) in [7, 11) is 0. The summed E-state index contributed by atoms with van der Waals surface area (Å²) >= 11 is 1.73. The van der Waals surface area contributed by atoms with E-state index in [1.807, 2.05) is 12.3 Å². The highest BCUT2D eigenvalue weighted by molar-refractivity contribution is 7.98. The molecule has 0 aromatic heterocycles. The molecule has 0 heterocycles. The fraction of sp³-hybridized carbons (Fsp3) is 0.417. The minimum absolute atomic E-state index is 0.0991. The van der Waals surface area contributed by atoms with Crippen LogP contribution in [-0.2, 0) is 0 Å². The highest BCUT2D eigenvalue weighted by atomic mass is 32.2. The van der Waals surface area contributed by atoms with Gasteiger partial charge in [-0.15, -0.1) is 0 Å². The van der Waals surface area contributed by atoms with Gasteiger partial charge in [0.1, 0.15) is 17.4 Å². The Morgan fingerprint density at radius 2 is 2.31 bits per heavy atom. The molecule has 0 saturated heterocycles. The molecule has 4 heteroatoms. The van der Waals surface area contributed by atoms with Crippen molar-refractivity contribution in [1.29, 1.82) is 5.26 Å². The van der Waals surface area contributed by atoms with Gasteiger partial charge in [0.15, 0.2) is 0 Å². The Hall–Kier alpha value is -1.21. The molecule has 1 rings (SSSR count). The maximum Gasteiger partial charge on any atom is 0.143 e. The van der Waals surface area contributed by atoms with Gasteiger partial charge in [0, 0.05) is 11.8 Å². The van der Waals surface area contributed by atoms with Crippen molar-refractivity contribution in [2.24, 2.45) is 0 Å². The number of hydrogen-bond donors (Lipinski definition) is 1. The van der Waals surface area contributed by atoms with Crippen LogP contribution < -0.4 is 5.32 Å². The predicted molar refractivity (Wildman–Crippen MR) is 67.2 cm³/mol. The van der Waals surface area contributed by atoms with Crippen molar-refractivity contribution in [3.05, 3.63) is 29.6 Å². The van der Waals surface area contributed by atoms with Crippen LogP contribution in [0.2, 0.25) is 0 Å². The van der Waals surface area contributed by atoms with Gasteiger partial charge in [-0.3, -0.25) is 0 Å². The van der Waals surface area contributed by atoms with Gasteiger partial charge in [0.2, 0.25) is 0 Å². The Bertz CT molecular complexity index is 387. The number of hydrogen-bond acceptors (Lipinski definition) is 3. The number of halogens is 1. The molecule has 2 nitrogen and oxygen atoms in total. The zero-order valence-corrected chi connectivity index (χ0v) is 10.3. The van der Waals surface area contributed by atoms with Gasteiger partial charge in [-0.2, -0.15) is 17.0 Å². The van der Waals surface area contributed by atoms with Gasteiger partial charge in [0.05, 0.1) is 5.69 Å². The minimum Gasteiger partial charge on any atom is -0.380 e. The summed E-state index contributed by atoms with van der Waals surface area (Å²) in [6.07, 6.45) is 2.98. The van der Waals surface area contributed by atoms with Gasteiger partial charge < -0.3 is 5.32 Å². The number of nitrogens with one attached hydrogen (secondary N) is 1. The molecule has 0 aliphatic carbocycles. The van der Waals surface area contributed by atoms with Gasteiger partial charge in [-0.05, 0) is 24.8 Å². The van der Waals surface area contributed by atoms with Crippen LogP contribution in [0.4, 0.5) is 10.1 Å². The first-order chi connectivity index (χ1) is 7.72. The lowest BCUT2D eigenvalue weighted by Gasteiger charge is -2.18. The molecule has 1 aromatic carbocycles. The molecule has 0 fully saturated rings. The highest BCUT2D eigenvalue weighted by Gasteiger charge is 2.11. The van der Waals surface area contributed by atoms with E-state index in [4.69, 9.17) is 5.26 Å². The average Bonchev–Trinajstić information content (AvgIpc) is 2.28. The second kappa shape index (κ2) is 6.39. The van der Waals surface area contributed by atoms with E-state index in [0.717, 1.165) is 12.2 Å². The number of nitriles is 1. The summed E-state index contributed by atoms with van der Waals surface area (Å²) in [5, 5.41) is 12.1. The van der Waals surface area contributed by atoms with Crippen LogP contribution in [0.25, 0.3) is 0 Å². The zero-order valence-electron chi connectivity index (χ0n) is 9.46. The smallest absolute Gasteiger partial charge is 0.143 e. The Balaban J connectivity index is 2.88. The van der Waals surface area contributed by atoms with Crippen LogP contribution >= 0.6 is 11.8 Å². The number of thioether (sulfide) groups is 1. The van der Waals surface area contributed by atoms with Crippen molar-refractivity contribution in [1.82, 2.24) is 0 Å². The average molecular weight is 238 g/mol. The molecule has 1 unspecified atom stereocenters. The molecule has 0 saturated carbocycles. The Morgan fingerprint density at radius 3 is 2.88 bits per heavy atom. The molecular weight excluding hydrogens is 223 g/mol. The first-order valence-corrected chi connectivity index (χ1v) is 6.56. The van der Waals surface area contributed by atoms with E-state index in [9.17, 15) is 4.39 Å². The molecule has 0 bridgehead atoms. The zero-order chi connectivity index (χ0) is 12.0. The molecule has 1 aromatic rings. The topological polar surface area (TPSA) is 35.8 Å². The molecule has 86 valence electrons. The van der Waals surface area contributed by atoms with Crippen LogP contribution in [0.5, 0.6) is 0 Å². The van der Waals surface area contributed by atoms with E-state index in [2.05, 4.69) is 12.2 Å². The summed E-state index contributed by atoms with van der Waals surface area (Å²) < 4.78 is 13.3. The van der Waals surface area contributed by atoms with Gasteiger partial charge >= 0.3 is 0 Å². The Kier molecular flexibility index (Phi) is 5.13. The number of rotatable bonds is 5. The summed E-state index contributed by atoms with van der Waals surface area (Å²) in [5.41, 5.74) is 0.686. The van der Waals surface area contributed by atoms with E-state index >= 15 is 0 Å². The van der Waals surface area contributed by atoms with Crippen molar-refractivity contribution in [2.45, 2.75) is 19.4 Å². The maximum absolute atomic E-state index is 13.3. The summed E-state index contributed by atoms with van der Waals surface area (Å²) in [6.45, 7) is 2.07. The lowest BCUT2D eigenvalue weighted by Crippen LogP contribution is -2.21. The first-order valence-electron chi connectivity index (χ1n) is 5.17. The molecular formula is C12H15FN2S. The van der Waals surface area contributed by atoms with Gasteiger partial charge in [-0.25, -0.2) is 4.39 Å². The molecule has 1 N–H and O–H groups in total. The van der Waals surface area contributed by atoms with Crippen LogP contribution in [0, 0.1) is 17.1 Å². The standard InChI is InChI=1S/C12H15FN2S/c1-3-9(8-16-2)15-12-6-4-5-11(13)10(12)7-14/h4-6,9,15H,3,8H2,1-2H3. The van der Waals surface area contributed by atoms with Crippen molar-refractivity contribution in [3.8, 4) is 6.07 Å². The van der Waals surface area contributed by atoms with Crippen LogP contribution in [-0.4, -0.2) is 18.1 Å². The monoisotopic (exact) mass is 238 g/mol. The van der Waals surface area contributed by atoms with Crippen LogP contribution in [0.3, 0.4) is 0 Å². The second-order valence-corrected chi connectivity index (χ2v) is 4.39. The fourth-order valence-electron chi connectivity index (χ4n) is 1.44. The molecule has 0 aliphatic rings. The Labute approximate surface area is 99.9 Å². The van der Waals surface area contributed by atoms with E-state index in [1.165, 1.54) is 6.07 Å². The summed E-state index contributed by atoms with van der Waals surface area (Å²) in [4.78, 5) is 0. The molecule has 1 atom stereocenters. The molecule has 16 heavy (non-hydrogen) atoms. The predicted octanol–water partition coefficient (Wildman–Crippen LogP) is 3.25. The highest BCUT2D eigenvalue weighted by Crippen LogP contribution is 2.20. The lowest BCUT2D eigenvalue weighted by atomic mass is 10.1. The largest absolute Gasteiger partial charge is 0.380 e. The molecule has 0 spiro atoms. The van der Waals surface area contributed by atoms with Crippen molar-refractivity contribution < 1.29 is 4.39 Å². The van der Waals surface area contributed by atoms with E-state index in [1.54, 1.807) is 23.9 Å². The third-order valence-corrected chi connectivity index (χ3v) is 3.08. The van der Waals surface area contributed by atoms with Crippen molar-refractivity contribution >= 4 is 17.4 Å². The maximum atomic E-state index is 13.3. The lowest BCUT2D eigenvalue weighted by molar-refractivity contribution is 0.623. The van der Waals surface area contributed by atoms with Gasteiger partial charge in [0.25, 0.3) is 0 Å². The number of benzene rings is 1. The molecule has 0 amide bonds. The first kappa shape index (κ1) is 12.9. The summed E-state index contributed by atoms with van der Waals surface area (Å²) in [5.74, 6) is 0.476. The minimum atomic E-state index is -0.466. The fourth-order valence-corrected chi connectivity index (χ4v) is 2.16. The second-order valence-electron chi connectivity index (χ2n) is 3.48. The SMILES string of the molecule is CCC(CSC)Nc1cccc(F)c1C#N. The van der Waals surface area contributed by atoms with E-state index in [0.29, 0.717) is 5.69 Å². The quantitative estimate of drug-likeness (QED) is 0.855. The van der Waals surface area contributed by atoms with Crippen LogP contribution in [0.1, 0.15) is 18.9 Å². The number of anilines is 1. The molecule has 0 aliphatic heterocycles. The van der Waals surface area contributed by atoms with Crippen LogP contribution in [0.15, 0.2) is 18.2 Å². The summed E-state index contributed by atoms with van der Waals surface area (Å²) in [6, 6.07) is 6.82. The molecule has 0 radical (unpaired) electrons. The third-order valence-electron chi connectivity index (χ3n) is 2.35.